The lowest BCUT2D eigenvalue weighted by molar-refractivity contribution is -0.152. The van der Waals surface area contributed by atoms with Gasteiger partial charge in [-0.15, -0.1) is 0 Å². The summed E-state index contributed by atoms with van der Waals surface area (Å²) in [6.07, 6.45) is 9.64. The minimum absolute atomic E-state index is 0.112. The number of aliphatic hydroxyl groups is 3. The molecule has 0 bridgehead atoms. The van der Waals surface area contributed by atoms with Crippen molar-refractivity contribution in [3.05, 3.63) is 11.6 Å². The van der Waals surface area contributed by atoms with Crippen LogP contribution in [0.5, 0.6) is 0 Å². The van der Waals surface area contributed by atoms with Crippen LogP contribution in [0.3, 0.4) is 0 Å². The molecule has 3 N–H and O–H groups in total. The summed E-state index contributed by atoms with van der Waals surface area (Å²) in [7, 11) is 0. The van der Waals surface area contributed by atoms with Gasteiger partial charge in [-0.1, -0.05) is 25.5 Å². The molecule has 0 aromatic heterocycles. The maximum atomic E-state index is 11.2. The number of allylic oxidation sites excluding steroid dienone is 2. The van der Waals surface area contributed by atoms with Gasteiger partial charge in [-0.3, -0.25) is 0 Å². The Labute approximate surface area is 146 Å². The second kappa shape index (κ2) is 5.31. The summed E-state index contributed by atoms with van der Waals surface area (Å²) in [4.78, 5) is 0. The lowest BCUT2D eigenvalue weighted by Gasteiger charge is -2.58. The SMILES string of the molecule is C[C@@H](O)[C@@]1(O)CC[C@H]2C3=CCC4C[C@@H](O)CC[C@]4(C)[C@H]3CC[C@@]21C. The van der Waals surface area contributed by atoms with Gasteiger partial charge >= 0.3 is 0 Å². The molecule has 3 heteroatoms. The molecule has 0 saturated heterocycles. The van der Waals surface area contributed by atoms with Gasteiger partial charge in [0.15, 0.2) is 0 Å². The molecule has 0 radical (unpaired) electrons. The third-order valence-corrected chi connectivity index (χ3v) is 8.96. The van der Waals surface area contributed by atoms with E-state index in [-0.39, 0.29) is 11.5 Å². The summed E-state index contributed by atoms with van der Waals surface area (Å²) in [6, 6.07) is 0. The van der Waals surface area contributed by atoms with Gasteiger partial charge in [-0.25, -0.2) is 0 Å². The molecule has 0 amide bonds. The average molecular weight is 335 g/mol. The fourth-order valence-electron chi connectivity index (χ4n) is 7.23. The second-order valence-corrected chi connectivity index (χ2v) is 9.77. The molecule has 4 aliphatic rings. The third kappa shape index (κ3) is 2.01. The van der Waals surface area contributed by atoms with E-state index >= 15 is 0 Å². The van der Waals surface area contributed by atoms with Crippen LogP contribution in [0.2, 0.25) is 0 Å². The first kappa shape index (κ1) is 17.1. The van der Waals surface area contributed by atoms with Gasteiger partial charge in [0.1, 0.15) is 0 Å². The third-order valence-electron chi connectivity index (χ3n) is 8.96. The van der Waals surface area contributed by atoms with Crippen molar-refractivity contribution >= 4 is 0 Å². The molecule has 24 heavy (non-hydrogen) atoms. The topological polar surface area (TPSA) is 60.7 Å². The largest absolute Gasteiger partial charge is 0.393 e. The molecule has 4 aliphatic carbocycles. The quantitative estimate of drug-likeness (QED) is 0.644. The molecule has 0 aromatic carbocycles. The van der Waals surface area contributed by atoms with E-state index in [2.05, 4.69) is 19.9 Å². The number of rotatable bonds is 1. The summed E-state index contributed by atoms with van der Waals surface area (Å²) in [5.41, 5.74) is 0.761. The van der Waals surface area contributed by atoms with Gasteiger partial charge in [-0.05, 0) is 81.5 Å². The predicted octanol–water partition coefficient (Wildman–Crippen LogP) is 3.42. The summed E-state index contributed by atoms with van der Waals surface area (Å²) >= 11 is 0. The lowest BCUT2D eigenvalue weighted by atomic mass is 9.47. The summed E-state index contributed by atoms with van der Waals surface area (Å²) in [5.74, 6) is 1.63. The maximum Gasteiger partial charge on any atom is 0.0961 e. The van der Waals surface area contributed by atoms with Crippen molar-refractivity contribution in [3.8, 4) is 0 Å². The van der Waals surface area contributed by atoms with Crippen molar-refractivity contribution in [3.63, 3.8) is 0 Å². The van der Waals surface area contributed by atoms with Gasteiger partial charge in [0.2, 0.25) is 0 Å². The van der Waals surface area contributed by atoms with Gasteiger partial charge in [0.05, 0.1) is 17.8 Å². The number of aliphatic hydroxyl groups excluding tert-OH is 2. The van der Waals surface area contributed by atoms with E-state index < -0.39 is 11.7 Å². The highest BCUT2D eigenvalue weighted by atomic mass is 16.3. The van der Waals surface area contributed by atoms with Crippen LogP contribution in [0, 0.1) is 28.6 Å². The normalized spacial score (nSPS) is 55.2. The van der Waals surface area contributed by atoms with Crippen LogP contribution in [0.15, 0.2) is 11.6 Å². The maximum absolute atomic E-state index is 11.2. The minimum atomic E-state index is -0.940. The number of hydrogen-bond acceptors (Lipinski definition) is 3. The van der Waals surface area contributed by atoms with E-state index in [0.29, 0.717) is 23.2 Å². The second-order valence-electron chi connectivity index (χ2n) is 9.77. The van der Waals surface area contributed by atoms with Crippen molar-refractivity contribution in [2.75, 3.05) is 0 Å². The summed E-state index contributed by atoms with van der Waals surface area (Å²) < 4.78 is 0. The summed E-state index contributed by atoms with van der Waals surface area (Å²) in [6.45, 7) is 6.43. The van der Waals surface area contributed by atoms with Crippen molar-refractivity contribution in [2.45, 2.75) is 89.9 Å². The Kier molecular flexibility index (Phi) is 3.77. The smallest absolute Gasteiger partial charge is 0.0961 e. The van der Waals surface area contributed by atoms with Gasteiger partial charge in [0.25, 0.3) is 0 Å². The van der Waals surface area contributed by atoms with Crippen LogP contribution in [0.4, 0.5) is 0 Å². The molecule has 3 nitrogen and oxygen atoms in total. The van der Waals surface area contributed by atoms with E-state index in [1.54, 1.807) is 12.5 Å². The van der Waals surface area contributed by atoms with E-state index in [1.807, 2.05) is 0 Å². The highest BCUT2D eigenvalue weighted by Gasteiger charge is 2.64. The Hall–Kier alpha value is -0.380. The predicted molar refractivity (Wildman–Crippen MR) is 94.3 cm³/mol. The Bertz CT molecular complexity index is 555. The van der Waals surface area contributed by atoms with Crippen LogP contribution in [0.25, 0.3) is 0 Å². The summed E-state index contributed by atoms with van der Waals surface area (Å²) in [5, 5.41) is 31.6. The molecule has 3 fully saturated rings. The molecule has 8 atom stereocenters. The van der Waals surface area contributed by atoms with Crippen LogP contribution >= 0.6 is 0 Å². The Morgan fingerprint density at radius 3 is 2.50 bits per heavy atom. The van der Waals surface area contributed by atoms with Crippen molar-refractivity contribution in [2.24, 2.45) is 28.6 Å². The van der Waals surface area contributed by atoms with E-state index in [1.165, 1.54) is 0 Å². The van der Waals surface area contributed by atoms with Gasteiger partial charge in [0, 0.05) is 5.41 Å². The van der Waals surface area contributed by atoms with Gasteiger partial charge < -0.3 is 15.3 Å². The molecular formula is C21H34O3. The zero-order valence-electron chi connectivity index (χ0n) is 15.5. The van der Waals surface area contributed by atoms with Crippen LogP contribution < -0.4 is 0 Å². The van der Waals surface area contributed by atoms with Gasteiger partial charge in [-0.2, -0.15) is 0 Å². The molecule has 0 aromatic rings. The first-order chi connectivity index (χ1) is 11.2. The van der Waals surface area contributed by atoms with Crippen molar-refractivity contribution in [1.29, 1.82) is 0 Å². The molecule has 136 valence electrons. The first-order valence-electron chi connectivity index (χ1n) is 10.0. The fraction of sp³-hybridized carbons (Fsp3) is 0.905. The average Bonchev–Trinajstić information content (AvgIpc) is 2.81. The fourth-order valence-corrected chi connectivity index (χ4v) is 7.23. The minimum Gasteiger partial charge on any atom is -0.393 e. The van der Waals surface area contributed by atoms with E-state index in [0.717, 1.165) is 51.4 Å². The Morgan fingerprint density at radius 2 is 1.79 bits per heavy atom. The highest BCUT2D eigenvalue weighted by molar-refractivity contribution is 5.30. The molecule has 0 heterocycles. The number of hydrogen-bond donors (Lipinski definition) is 3. The standard InChI is InChI=1S/C21H34O3/c1-13(22)21(24)11-8-18-16-5-4-14-12-15(23)6-9-19(14,2)17(16)7-10-20(18,21)3/h5,13-15,17-18,22-24H,4,6-12H2,1-3H3/t13-,14?,15+,17+,18+,19+,20+,21+/m1/s1. The Morgan fingerprint density at radius 1 is 1.08 bits per heavy atom. The highest BCUT2D eigenvalue weighted by Crippen LogP contribution is 2.67. The number of fused-ring (bicyclic) bond motifs is 5. The molecule has 4 rings (SSSR count). The lowest BCUT2D eigenvalue weighted by Crippen LogP contribution is -2.56. The van der Waals surface area contributed by atoms with Crippen LogP contribution in [0.1, 0.15) is 72.1 Å². The van der Waals surface area contributed by atoms with Crippen molar-refractivity contribution in [1.82, 2.24) is 0 Å². The zero-order chi connectivity index (χ0) is 17.3. The molecule has 0 aliphatic heterocycles. The molecule has 0 spiro atoms. The molecule has 1 unspecified atom stereocenters. The van der Waals surface area contributed by atoms with E-state index in [4.69, 9.17) is 0 Å². The molecule has 3 saturated carbocycles. The van der Waals surface area contributed by atoms with Crippen LogP contribution in [-0.2, 0) is 0 Å². The first-order valence-corrected chi connectivity index (χ1v) is 10.0. The monoisotopic (exact) mass is 334 g/mol. The van der Waals surface area contributed by atoms with E-state index in [9.17, 15) is 15.3 Å². The molecular weight excluding hydrogens is 300 g/mol. The van der Waals surface area contributed by atoms with Crippen LogP contribution in [-0.4, -0.2) is 33.1 Å². The Balaban J connectivity index is 1.69. The zero-order valence-corrected chi connectivity index (χ0v) is 15.5. The van der Waals surface area contributed by atoms with Crippen molar-refractivity contribution < 1.29 is 15.3 Å².